The number of hydrogen-bond acceptors (Lipinski definition) is 3. The Morgan fingerprint density at radius 3 is 3.00 bits per heavy atom. The quantitative estimate of drug-likeness (QED) is 0.858. The summed E-state index contributed by atoms with van der Waals surface area (Å²) in [4.78, 5) is 4.69. The van der Waals surface area contributed by atoms with Crippen molar-refractivity contribution < 1.29 is 0 Å². The first-order valence-electron chi connectivity index (χ1n) is 6.89. The van der Waals surface area contributed by atoms with Gasteiger partial charge in [-0.15, -0.1) is 11.3 Å². The Morgan fingerprint density at radius 1 is 1.39 bits per heavy atom. The minimum absolute atomic E-state index is 0.748. The van der Waals surface area contributed by atoms with Gasteiger partial charge in [-0.3, -0.25) is 0 Å². The van der Waals surface area contributed by atoms with Gasteiger partial charge in [0.15, 0.2) is 0 Å². The molecule has 1 fully saturated rings. The molecular formula is C15H20N2S. The molecule has 1 aliphatic carbocycles. The zero-order valence-electron chi connectivity index (χ0n) is 10.9. The van der Waals surface area contributed by atoms with Gasteiger partial charge in [0.05, 0.1) is 15.2 Å². The average molecular weight is 260 g/mol. The molecule has 0 radical (unpaired) electrons. The lowest BCUT2D eigenvalue weighted by atomic mass is 10.1. The van der Waals surface area contributed by atoms with Crippen LogP contribution in [0.2, 0.25) is 0 Å². The number of thiazole rings is 1. The number of benzene rings is 1. The summed E-state index contributed by atoms with van der Waals surface area (Å²) in [6.07, 6.45) is 5.11. The van der Waals surface area contributed by atoms with Crippen molar-refractivity contribution in [1.82, 2.24) is 10.3 Å². The Morgan fingerprint density at radius 2 is 2.22 bits per heavy atom. The maximum Gasteiger partial charge on any atom is 0.0938 e. The summed E-state index contributed by atoms with van der Waals surface area (Å²) in [5.74, 6) is 0.748. The summed E-state index contributed by atoms with van der Waals surface area (Å²) < 4.78 is 1.32. The van der Waals surface area contributed by atoms with Crippen molar-refractivity contribution in [3.63, 3.8) is 0 Å². The molecule has 1 atom stereocenters. The first-order valence-corrected chi connectivity index (χ1v) is 7.71. The highest BCUT2D eigenvalue weighted by atomic mass is 32.1. The van der Waals surface area contributed by atoms with Crippen LogP contribution in [0.5, 0.6) is 0 Å². The molecule has 1 aliphatic rings. The van der Waals surface area contributed by atoms with Crippen molar-refractivity contribution in [3.05, 3.63) is 29.3 Å². The van der Waals surface area contributed by atoms with Crippen molar-refractivity contribution in [3.8, 4) is 0 Å². The fourth-order valence-electron chi connectivity index (χ4n) is 2.15. The van der Waals surface area contributed by atoms with Crippen LogP contribution < -0.4 is 5.32 Å². The molecule has 0 amide bonds. The summed E-state index contributed by atoms with van der Waals surface area (Å²) in [7, 11) is 0. The van der Waals surface area contributed by atoms with Crippen molar-refractivity contribution >= 4 is 21.6 Å². The summed E-state index contributed by atoms with van der Waals surface area (Å²) in [5, 5.41) is 4.89. The molecule has 1 unspecified atom stereocenters. The van der Waals surface area contributed by atoms with Gasteiger partial charge >= 0.3 is 0 Å². The number of rotatable bonds is 6. The maximum absolute atomic E-state index is 4.69. The van der Waals surface area contributed by atoms with Gasteiger partial charge in [-0.1, -0.05) is 19.1 Å². The smallest absolute Gasteiger partial charge is 0.0938 e. The topological polar surface area (TPSA) is 24.9 Å². The van der Waals surface area contributed by atoms with Crippen LogP contribution in [0.25, 0.3) is 10.2 Å². The molecule has 1 N–H and O–H groups in total. The van der Waals surface area contributed by atoms with Crippen LogP contribution in [0, 0.1) is 5.92 Å². The molecule has 0 spiro atoms. The number of fused-ring (bicyclic) bond motifs is 1. The zero-order chi connectivity index (χ0) is 12.4. The van der Waals surface area contributed by atoms with Crippen LogP contribution in [0.4, 0.5) is 0 Å². The zero-order valence-corrected chi connectivity index (χ0v) is 11.7. The van der Waals surface area contributed by atoms with Gasteiger partial charge in [0, 0.05) is 6.04 Å². The number of aromatic nitrogens is 1. The van der Waals surface area contributed by atoms with Gasteiger partial charge < -0.3 is 5.32 Å². The van der Waals surface area contributed by atoms with Gasteiger partial charge in [0.25, 0.3) is 0 Å². The Kier molecular flexibility index (Phi) is 3.62. The lowest BCUT2D eigenvalue weighted by Crippen LogP contribution is -2.23. The normalized spacial score (nSPS) is 17.2. The highest BCUT2D eigenvalue weighted by molar-refractivity contribution is 7.18. The Balaban J connectivity index is 1.51. The fourth-order valence-corrected chi connectivity index (χ4v) is 3.14. The molecule has 1 aromatic heterocycles. The molecule has 2 aromatic rings. The van der Waals surface area contributed by atoms with Crippen LogP contribution in [0.3, 0.4) is 0 Å². The second-order valence-electron chi connectivity index (χ2n) is 5.40. The lowest BCUT2D eigenvalue weighted by molar-refractivity contribution is 0.479. The molecular weight excluding hydrogens is 240 g/mol. The number of hydrogen-bond donors (Lipinski definition) is 1. The second-order valence-corrected chi connectivity index (χ2v) is 6.52. The van der Waals surface area contributed by atoms with E-state index in [0.29, 0.717) is 0 Å². The van der Waals surface area contributed by atoms with E-state index in [2.05, 4.69) is 36.5 Å². The molecule has 1 heterocycles. The molecule has 0 bridgehead atoms. The molecule has 1 aromatic carbocycles. The highest BCUT2D eigenvalue weighted by Gasteiger charge is 2.20. The summed E-state index contributed by atoms with van der Waals surface area (Å²) in [6.45, 7) is 3.50. The van der Waals surface area contributed by atoms with Crippen LogP contribution in [0.15, 0.2) is 24.3 Å². The third-order valence-corrected chi connectivity index (χ3v) is 4.62. The van der Waals surface area contributed by atoms with E-state index in [9.17, 15) is 0 Å². The summed E-state index contributed by atoms with van der Waals surface area (Å²) >= 11 is 1.84. The summed E-state index contributed by atoms with van der Waals surface area (Å²) in [5.41, 5.74) is 1.15. The molecule has 96 valence electrons. The van der Waals surface area contributed by atoms with E-state index in [1.165, 1.54) is 29.0 Å². The standard InChI is InChI=1S/C15H20N2S/c1-11(10-16-12-7-8-12)6-9-15-17-13-4-2-3-5-14(13)18-15/h2-5,11-12,16H,6-10H2,1H3. The maximum atomic E-state index is 4.69. The lowest BCUT2D eigenvalue weighted by Gasteiger charge is -2.10. The van der Waals surface area contributed by atoms with E-state index in [1.54, 1.807) is 0 Å². The summed E-state index contributed by atoms with van der Waals surface area (Å²) in [6, 6.07) is 9.25. The van der Waals surface area contributed by atoms with E-state index in [4.69, 9.17) is 4.98 Å². The predicted octanol–water partition coefficient (Wildman–Crippen LogP) is 3.62. The second kappa shape index (κ2) is 5.37. The minimum atomic E-state index is 0.748. The predicted molar refractivity (Wildman–Crippen MR) is 78.1 cm³/mol. The molecule has 0 aliphatic heterocycles. The van der Waals surface area contributed by atoms with Crippen molar-refractivity contribution in [1.29, 1.82) is 0 Å². The molecule has 0 saturated heterocycles. The number of aryl methyl sites for hydroxylation is 1. The van der Waals surface area contributed by atoms with E-state index >= 15 is 0 Å². The third kappa shape index (κ3) is 3.09. The molecule has 18 heavy (non-hydrogen) atoms. The number of nitrogens with one attached hydrogen (secondary N) is 1. The van der Waals surface area contributed by atoms with Crippen LogP contribution >= 0.6 is 11.3 Å². The molecule has 2 nitrogen and oxygen atoms in total. The fraction of sp³-hybridized carbons (Fsp3) is 0.533. The van der Waals surface area contributed by atoms with E-state index in [-0.39, 0.29) is 0 Å². The number of para-hydroxylation sites is 1. The van der Waals surface area contributed by atoms with Crippen LogP contribution in [-0.4, -0.2) is 17.6 Å². The van der Waals surface area contributed by atoms with Gasteiger partial charge in [0.1, 0.15) is 0 Å². The van der Waals surface area contributed by atoms with Gasteiger partial charge in [-0.2, -0.15) is 0 Å². The Labute approximate surface area is 112 Å². The Bertz CT molecular complexity index is 483. The van der Waals surface area contributed by atoms with Gasteiger partial charge in [0.2, 0.25) is 0 Å². The SMILES string of the molecule is CC(CCc1nc2ccccc2s1)CNC1CC1. The minimum Gasteiger partial charge on any atom is -0.314 e. The molecule has 3 rings (SSSR count). The molecule has 3 heteroatoms. The van der Waals surface area contributed by atoms with Crippen LogP contribution in [0.1, 0.15) is 31.2 Å². The number of nitrogens with zero attached hydrogens (tertiary/aromatic N) is 1. The van der Waals surface area contributed by atoms with Gasteiger partial charge in [-0.25, -0.2) is 4.98 Å². The van der Waals surface area contributed by atoms with Crippen molar-refractivity contribution in [2.75, 3.05) is 6.54 Å². The molecule has 1 saturated carbocycles. The van der Waals surface area contributed by atoms with Gasteiger partial charge in [-0.05, 0) is 50.3 Å². The Hall–Kier alpha value is -0.930. The first kappa shape index (κ1) is 12.1. The van der Waals surface area contributed by atoms with E-state index in [0.717, 1.165) is 30.4 Å². The largest absolute Gasteiger partial charge is 0.314 e. The third-order valence-electron chi connectivity index (χ3n) is 3.52. The van der Waals surface area contributed by atoms with Crippen LogP contribution in [-0.2, 0) is 6.42 Å². The average Bonchev–Trinajstić information content (AvgIpc) is 3.11. The van der Waals surface area contributed by atoms with E-state index < -0.39 is 0 Å². The van der Waals surface area contributed by atoms with E-state index in [1.807, 2.05) is 11.3 Å². The monoisotopic (exact) mass is 260 g/mol. The van der Waals surface area contributed by atoms with Crippen molar-refractivity contribution in [2.24, 2.45) is 5.92 Å². The highest BCUT2D eigenvalue weighted by Crippen LogP contribution is 2.24. The van der Waals surface area contributed by atoms with Crippen molar-refractivity contribution in [2.45, 2.75) is 38.6 Å². The first-order chi connectivity index (χ1) is 8.81.